The standard InChI is InChI=1S/C11H15ClN4/c12-10-9-3-2-8-6-13-4-1-5-16(8)11(9)15-7-14-10/h7-8,13H,1-6H2/t8-/m1/s1. The average molecular weight is 239 g/mol. The maximum atomic E-state index is 6.12. The number of fused-ring (bicyclic) bond motifs is 3. The number of nitrogens with one attached hydrogen (secondary N) is 1. The Bertz CT molecular complexity index is 396. The number of aromatic nitrogens is 2. The van der Waals surface area contributed by atoms with E-state index in [4.69, 9.17) is 11.6 Å². The normalized spacial score (nSPS) is 24.6. The Morgan fingerprint density at radius 1 is 1.44 bits per heavy atom. The van der Waals surface area contributed by atoms with E-state index in [0.29, 0.717) is 11.2 Å². The summed E-state index contributed by atoms with van der Waals surface area (Å²) in [7, 11) is 0. The molecule has 4 nitrogen and oxygen atoms in total. The Labute approximate surface area is 100 Å². The molecule has 3 rings (SSSR count). The summed E-state index contributed by atoms with van der Waals surface area (Å²) in [5.41, 5.74) is 1.13. The summed E-state index contributed by atoms with van der Waals surface area (Å²) in [6, 6.07) is 0.570. The summed E-state index contributed by atoms with van der Waals surface area (Å²) < 4.78 is 0. The summed E-state index contributed by atoms with van der Waals surface area (Å²) in [5.74, 6) is 1.06. The van der Waals surface area contributed by atoms with Crippen molar-refractivity contribution in [2.45, 2.75) is 25.3 Å². The molecule has 1 aromatic rings. The Hall–Kier alpha value is -0.870. The summed E-state index contributed by atoms with van der Waals surface area (Å²) in [6.07, 6.45) is 4.88. The summed E-state index contributed by atoms with van der Waals surface area (Å²) >= 11 is 6.12. The molecule has 1 atom stereocenters. The Morgan fingerprint density at radius 2 is 2.38 bits per heavy atom. The number of hydrogen-bond acceptors (Lipinski definition) is 4. The first-order valence-corrected chi connectivity index (χ1v) is 6.21. The number of hydrogen-bond donors (Lipinski definition) is 1. The summed E-state index contributed by atoms with van der Waals surface area (Å²) in [4.78, 5) is 10.9. The van der Waals surface area contributed by atoms with E-state index in [-0.39, 0.29) is 0 Å². The highest BCUT2D eigenvalue weighted by Crippen LogP contribution is 2.32. The van der Waals surface area contributed by atoms with Gasteiger partial charge >= 0.3 is 0 Å². The van der Waals surface area contributed by atoms with Gasteiger partial charge in [0.2, 0.25) is 0 Å². The molecule has 2 aliphatic heterocycles. The molecule has 0 amide bonds. The first kappa shape index (κ1) is 10.3. The van der Waals surface area contributed by atoms with Gasteiger partial charge in [-0.15, -0.1) is 0 Å². The molecule has 1 saturated heterocycles. The second-order valence-corrected chi connectivity index (χ2v) is 4.77. The first-order valence-electron chi connectivity index (χ1n) is 5.83. The van der Waals surface area contributed by atoms with Gasteiger partial charge in [-0.05, 0) is 25.8 Å². The van der Waals surface area contributed by atoms with Crippen LogP contribution in [0.15, 0.2) is 6.33 Å². The molecule has 0 aliphatic carbocycles. The average Bonchev–Trinajstić information content (AvgIpc) is 2.54. The van der Waals surface area contributed by atoms with Crippen molar-refractivity contribution in [3.8, 4) is 0 Å². The van der Waals surface area contributed by atoms with Crippen molar-refractivity contribution in [2.75, 3.05) is 24.5 Å². The summed E-state index contributed by atoms with van der Waals surface area (Å²) in [6.45, 7) is 3.22. The van der Waals surface area contributed by atoms with Crippen LogP contribution in [-0.4, -0.2) is 35.6 Å². The minimum atomic E-state index is 0.570. The van der Waals surface area contributed by atoms with Gasteiger partial charge in [0.1, 0.15) is 17.3 Å². The smallest absolute Gasteiger partial charge is 0.137 e. The van der Waals surface area contributed by atoms with E-state index in [0.717, 1.165) is 50.3 Å². The van der Waals surface area contributed by atoms with Crippen molar-refractivity contribution < 1.29 is 0 Å². The Balaban J connectivity index is 2.00. The molecule has 1 fully saturated rings. The fraction of sp³-hybridized carbons (Fsp3) is 0.636. The molecule has 0 bridgehead atoms. The largest absolute Gasteiger partial charge is 0.352 e. The van der Waals surface area contributed by atoms with Gasteiger partial charge in [-0.25, -0.2) is 9.97 Å². The Kier molecular flexibility index (Phi) is 2.69. The highest BCUT2D eigenvalue weighted by molar-refractivity contribution is 6.30. The van der Waals surface area contributed by atoms with Gasteiger partial charge in [-0.1, -0.05) is 11.6 Å². The molecule has 16 heavy (non-hydrogen) atoms. The second-order valence-electron chi connectivity index (χ2n) is 4.41. The van der Waals surface area contributed by atoms with Crippen LogP contribution in [0.3, 0.4) is 0 Å². The van der Waals surface area contributed by atoms with Crippen molar-refractivity contribution in [1.82, 2.24) is 15.3 Å². The van der Waals surface area contributed by atoms with E-state index in [2.05, 4.69) is 20.2 Å². The van der Waals surface area contributed by atoms with Crippen LogP contribution in [0.1, 0.15) is 18.4 Å². The van der Waals surface area contributed by atoms with Crippen molar-refractivity contribution in [3.05, 3.63) is 17.0 Å². The fourth-order valence-corrected chi connectivity index (χ4v) is 2.85. The SMILES string of the molecule is Clc1ncnc2c1CC[C@@H]1CNCCCN21. The molecular weight excluding hydrogens is 224 g/mol. The van der Waals surface area contributed by atoms with Crippen LogP contribution in [-0.2, 0) is 6.42 Å². The third-order valence-corrected chi connectivity index (χ3v) is 3.77. The van der Waals surface area contributed by atoms with E-state index >= 15 is 0 Å². The lowest BCUT2D eigenvalue weighted by Crippen LogP contribution is -2.43. The van der Waals surface area contributed by atoms with Crippen LogP contribution in [0.2, 0.25) is 5.15 Å². The lowest BCUT2D eigenvalue weighted by Gasteiger charge is -2.36. The first-order chi connectivity index (χ1) is 7.86. The van der Waals surface area contributed by atoms with Gasteiger partial charge in [0, 0.05) is 24.7 Å². The molecule has 0 saturated carbocycles. The minimum Gasteiger partial charge on any atom is -0.352 e. The lowest BCUT2D eigenvalue weighted by atomic mass is 10.00. The highest BCUT2D eigenvalue weighted by Gasteiger charge is 2.29. The number of halogens is 1. The zero-order chi connectivity index (χ0) is 11.0. The highest BCUT2D eigenvalue weighted by atomic mass is 35.5. The van der Waals surface area contributed by atoms with Crippen molar-refractivity contribution in [2.24, 2.45) is 0 Å². The molecule has 86 valence electrons. The lowest BCUT2D eigenvalue weighted by molar-refractivity contribution is 0.522. The van der Waals surface area contributed by atoms with Crippen molar-refractivity contribution in [1.29, 1.82) is 0 Å². The molecule has 0 aromatic carbocycles. The maximum absolute atomic E-state index is 6.12. The van der Waals surface area contributed by atoms with Gasteiger partial charge in [0.25, 0.3) is 0 Å². The fourth-order valence-electron chi connectivity index (χ4n) is 2.63. The molecule has 1 aromatic heterocycles. The van der Waals surface area contributed by atoms with Crippen molar-refractivity contribution >= 4 is 17.4 Å². The van der Waals surface area contributed by atoms with E-state index in [1.807, 2.05) is 0 Å². The van der Waals surface area contributed by atoms with Crippen molar-refractivity contribution in [3.63, 3.8) is 0 Å². The molecule has 2 aliphatic rings. The monoisotopic (exact) mass is 238 g/mol. The number of nitrogens with zero attached hydrogens (tertiary/aromatic N) is 3. The van der Waals surface area contributed by atoms with Crippen LogP contribution in [0.5, 0.6) is 0 Å². The van der Waals surface area contributed by atoms with Gasteiger partial charge < -0.3 is 10.2 Å². The molecular formula is C11H15ClN4. The molecule has 0 radical (unpaired) electrons. The molecule has 5 heteroatoms. The number of rotatable bonds is 0. The third-order valence-electron chi connectivity index (χ3n) is 3.44. The number of anilines is 1. The zero-order valence-corrected chi connectivity index (χ0v) is 9.87. The zero-order valence-electron chi connectivity index (χ0n) is 9.12. The van der Waals surface area contributed by atoms with E-state index in [1.165, 1.54) is 0 Å². The van der Waals surface area contributed by atoms with E-state index < -0.39 is 0 Å². The van der Waals surface area contributed by atoms with Crippen LogP contribution < -0.4 is 10.2 Å². The maximum Gasteiger partial charge on any atom is 0.137 e. The predicted octanol–water partition coefficient (Wildman–Crippen LogP) is 1.24. The van der Waals surface area contributed by atoms with Gasteiger partial charge in [-0.3, -0.25) is 0 Å². The third kappa shape index (κ3) is 1.66. The van der Waals surface area contributed by atoms with Gasteiger partial charge in [0.15, 0.2) is 0 Å². The van der Waals surface area contributed by atoms with Crippen LogP contribution >= 0.6 is 11.6 Å². The molecule has 1 N–H and O–H groups in total. The van der Waals surface area contributed by atoms with Gasteiger partial charge in [-0.2, -0.15) is 0 Å². The molecule has 0 spiro atoms. The van der Waals surface area contributed by atoms with E-state index in [1.54, 1.807) is 6.33 Å². The Morgan fingerprint density at radius 3 is 3.31 bits per heavy atom. The predicted molar refractivity (Wildman–Crippen MR) is 64.0 cm³/mol. The topological polar surface area (TPSA) is 41.1 Å². The molecule has 3 heterocycles. The quantitative estimate of drug-likeness (QED) is 0.691. The summed E-state index contributed by atoms with van der Waals surface area (Å²) in [5, 5.41) is 4.10. The second kappa shape index (κ2) is 4.18. The minimum absolute atomic E-state index is 0.570. The van der Waals surface area contributed by atoms with Crippen LogP contribution in [0, 0.1) is 0 Å². The van der Waals surface area contributed by atoms with E-state index in [9.17, 15) is 0 Å². The van der Waals surface area contributed by atoms with Crippen LogP contribution in [0.25, 0.3) is 0 Å². The van der Waals surface area contributed by atoms with Gasteiger partial charge in [0.05, 0.1) is 0 Å². The van der Waals surface area contributed by atoms with Crippen LogP contribution in [0.4, 0.5) is 5.82 Å². The molecule has 0 unspecified atom stereocenters.